The van der Waals surface area contributed by atoms with E-state index in [9.17, 15) is 4.79 Å². The van der Waals surface area contributed by atoms with Gasteiger partial charge < -0.3 is 15.8 Å². The van der Waals surface area contributed by atoms with E-state index in [1.165, 1.54) is 11.3 Å². The van der Waals surface area contributed by atoms with E-state index in [0.29, 0.717) is 22.0 Å². The predicted molar refractivity (Wildman–Crippen MR) is 75.2 cm³/mol. The molecule has 2 heterocycles. The molecule has 0 aromatic carbocycles. The summed E-state index contributed by atoms with van der Waals surface area (Å²) in [5.74, 6) is -0.220. The molecule has 0 fully saturated rings. The highest BCUT2D eigenvalue weighted by Crippen LogP contribution is 2.31. The van der Waals surface area contributed by atoms with Gasteiger partial charge in [-0.15, -0.1) is 16.4 Å². The number of rotatable bonds is 4. The lowest BCUT2D eigenvalue weighted by Crippen LogP contribution is -2.46. The van der Waals surface area contributed by atoms with Crippen molar-refractivity contribution in [3.8, 4) is 0 Å². The van der Waals surface area contributed by atoms with Crippen molar-refractivity contribution < 1.29 is 9.53 Å². The van der Waals surface area contributed by atoms with E-state index in [2.05, 4.69) is 15.5 Å². The summed E-state index contributed by atoms with van der Waals surface area (Å²) in [5, 5.41) is 11.4. The molecule has 0 saturated heterocycles. The van der Waals surface area contributed by atoms with Crippen molar-refractivity contribution in [1.82, 2.24) is 15.5 Å². The summed E-state index contributed by atoms with van der Waals surface area (Å²) in [6.45, 7) is 4.19. The lowest BCUT2D eigenvalue weighted by molar-refractivity contribution is 0.0824. The summed E-state index contributed by atoms with van der Waals surface area (Å²) in [5.41, 5.74) is 5.97. The third-order valence-corrected chi connectivity index (χ3v) is 3.69. The second-order valence-electron chi connectivity index (χ2n) is 4.87. The molecule has 2 rings (SSSR count). The third-order valence-electron chi connectivity index (χ3n) is 2.58. The summed E-state index contributed by atoms with van der Waals surface area (Å²) in [4.78, 5) is 13.4. The minimum atomic E-state index is -0.458. The van der Waals surface area contributed by atoms with E-state index in [1.54, 1.807) is 19.4 Å². The number of aromatic nitrogens is 2. The first-order valence-electron chi connectivity index (χ1n) is 5.76. The van der Waals surface area contributed by atoms with Crippen LogP contribution in [0.5, 0.6) is 0 Å². The summed E-state index contributed by atoms with van der Waals surface area (Å²) in [7, 11) is 1.59. The van der Waals surface area contributed by atoms with E-state index < -0.39 is 5.54 Å². The van der Waals surface area contributed by atoms with Crippen LogP contribution >= 0.6 is 11.3 Å². The Hall–Kier alpha value is -1.73. The molecule has 102 valence electrons. The topological polar surface area (TPSA) is 90.1 Å². The van der Waals surface area contributed by atoms with Gasteiger partial charge in [-0.1, -0.05) is 0 Å². The summed E-state index contributed by atoms with van der Waals surface area (Å²) < 4.78 is 5.07. The highest BCUT2D eigenvalue weighted by molar-refractivity contribution is 7.21. The number of carbonyl (C=O) groups is 1. The molecule has 0 aliphatic rings. The molecule has 0 atom stereocenters. The Bertz CT molecular complexity index is 609. The largest absolute Gasteiger partial charge is 0.397 e. The number of anilines is 1. The lowest BCUT2D eigenvalue weighted by atomic mass is 10.1. The number of fused-ring (bicyclic) bond motifs is 1. The molecule has 7 heteroatoms. The van der Waals surface area contributed by atoms with Gasteiger partial charge in [-0.2, -0.15) is 5.10 Å². The fourth-order valence-electron chi connectivity index (χ4n) is 1.80. The lowest BCUT2D eigenvalue weighted by Gasteiger charge is -2.24. The average Bonchev–Trinajstić information content (AvgIpc) is 2.67. The third kappa shape index (κ3) is 2.82. The average molecular weight is 280 g/mol. The SMILES string of the molecule is COCC(C)(C)NC(=O)c1sc2nnccc2c1N. The number of methoxy groups -OCH3 is 1. The van der Waals surface area contributed by atoms with Crippen LogP contribution in [0.2, 0.25) is 0 Å². The molecule has 0 aliphatic carbocycles. The van der Waals surface area contributed by atoms with Crippen molar-refractivity contribution >= 4 is 33.1 Å². The van der Waals surface area contributed by atoms with Crippen molar-refractivity contribution in [3.63, 3.8) is 0 Å². The second kappa shape index (κ2) is 5.10. The maximum absolute atomic E-state index is 12.2. The van der Waals surface area contributed by atoms with E-state index in [4.69, 9.17) is 10.5 Å². The first kappa shape index (κ1) is 13.7. The molecule has 3 N–H and O–H groups in total. The van der Waals surface area contributed by atoms with E-state index in [0.717, 1.165) is 5.39 Å². The van der Waals surface area contributed by atoms with Crippen molar-refractivity contribution in [3.05, 3.63) is 17.1 Å². The predicted octanol–water partition coefficient (Wildman–Crippen LogP) is 1.43. The number of nitrogens with one attached hydrogen (secondary N) is 1. The molecular formula is C12H16N4O2S. The first-order chi connectivity index (χ1) is 8.94. The Kier molecular flexibility index (Phi) is 3.68. The normalized spacial score (nSPS) is 11.7. The van der Waals surface area contributed by atoms with Crippen molar-refractivity contribution in [2.45, 2.75) is 19.4 Å². The van der Waals surface area contributed by atoms with Gasteiger partial charge in [-0.25, -0.2) is 0 Å². The van der Waals surface area contributed by atoms with Crippen LogP contribution in [-0.4, -0.2) is 35.4 Å². The molecule has 6 nitrogen and oxygen atoms in total. The monoisotopic (exact) mass is 280 g/mol. The van der Waals surface area contributed by atoms with Crippen LogP contribution in [0.4, 0.5) is 5.69 Å². The molecule has 19 heavy (non-hydrogen) atoms. The molecule has 0 spiro atoms. The summed E-state index contributed by atoms with van der Waals surface area (Å²) in [6, 6.07) is 1.76. The van der Waals surface area contributed by atoms with Crippen LogP contribution in [0.25, 0.3) is 10.2 Å². The molecule has 0 saturated carbocycles. The molecule has 0 bridgehead atoms. The van der Waals surface area contributed by atoms with Crippen LogP contribution in [0, 0.1) is 0 Å². The van der Waals surface area contributed by atoms with Gasteiger partial charge in [-0.05, 0) is 19.9 Å². The van der Waals surface area contributed by atoms with Gasteiger partial charge in [0.15, 0.2) is 0 Å². The quantitative estimate of drug-likeness (QED) is 0.884. The Morgan fingerprint density at radius 1 is 1.58 bits per heavy atom. The smallest absolute Gasteiger partial charge is 0.264 e. The Balaban J connectivity index is 2.29. The van der Waals surface area contributed by atoms with E-state index >= 15 is 0 Å². The summed E-state index contributed by atoms with van der Waals surface area (Å²) in [6.07, 6.45) is 1.56. The molecular weight excluding hydrogens is 264 g/mol. The van der Waals surface area contributed by atoms with E-state index in [-0.39, 0.29) is 5.91 Å². The molecule has 0 aliphatic heterocycles. The highest BCUT2D eigenvalue weighted by Gasteiger charge is 2.24. The number of hydrogen-bond donors (Lipinski definition) is 2. The number of hydrogen-bond acceptors (Lipinski definition) is 6. The van der Waals surface area contributed by atoms with Crippen molar-refractivity contribution in [1.29, 1.82) is 0 Å². The highest BCUT2D eigenvalue weighted by atomic mass is 32.1. The fraction of sp³-hybridized carbons (Fsp3) is 0.417. The number of ether oxygens (including phenoxy) is 1. The van der Waals surface area contributed by atoms with Gasteiger partial charge in [0, 0.05) is 12.5 Å². The number of carbonyl (C=O) groups excluding carboxylic acids is 1. The molecule has 0 radical (unpaired) electrons. The van der Waals surface area contributed by atoms with Crippen molar-refractivity contribution in [2.24, 2.45) is 0 Å². The maximum atomic E-state index is 12.2. The first-order valence-corrected chi connectivity index (χ1v) is 6.57. The van der Waals surface area contributed by atoms with Crippen LogP contribution in [-0.2, 0) is 4.74 Å². The Morgan fingerprint density at radius 2 is 2.32 bits per heavy atom. The molecule has 0 unspecified atom stereocenters. The van der Waals surface area contributed by atoms with Crippen LogP contribution < -0.4 is 11.1 Å². The maximum Gasteiger partial charge on any atom is 0.264 e. The zero-order valence-electron chi connectivity index (χ0n) is 11.1. The minimum Gasteiger partial charge on any atom is -0.397 e. The zero-order valence-corrected chi connectivity index (χ0v) is 11.9. The zero-order chi connectivity index (χ0) is 14.0. The Labute approximate surface area is 115 Å². The van der Waals surface area contributed by atoms with Gasteiger partial charge in [0.05, 0.1) is 24.0 Å². The van der Waals surface area contributed by atoms with Gasteiger partial charge in [0.25, 0.3) is 5.91 Å². The van der Waals surface area contributed by atoms with E-state index in [1.807, 2.05) is 13.8 Å². The molecule has 2 aromatic heterocycles. The minimum absolute atomic E-state index is 0.220. The van der Waals surface area contributed by atoms with Crippen LogP contribution in [0.3, 0.4) is 0 Å². The second-order valence-corrected chi connectivity index (χ2v) is 5.86. The fourth-order valence-corrected chi connectivity index (χ4v) is 2.74. The molecule has 2 aromatic rings. The number of nitrogen functional groups attached to an aromatic ring is 1. The van der Waals surface area contributed by atoms with Crippen LogP contribution in [0.1, 0.15) is 23.5 Å². The van der Waals surface area contributed by atoms with Crippen molar-refractivity contribution in [2.75, 3.05) is 19.5 Å². The number of nitrogens with two attached hydrogens (primary N) is 1. The number of amides is 1. The summed E-state index contributed by atoms with van der Waals surface area (Å²) >= 11 is 1.24. The van der Waals surface area contributed by atoms with Gasteiger partial charge in [-0.3, -0.25) is 4.79 Å². The molecule has 1 amide bonds. The van der Waals surface area contributed by atoms with Gasteiger partial charge in [0.1, 0.15) is 9.71 Å². The number of nitrogens with zero attached hydrogens (tertiary/aromatic N) is 2. The van der Waals surface area contributed by atoms with Gasteiger partial charge >= 0.3 is 0 Å². The van der Waals surface area contributed by atoms with Gasteiger partial charge in [0.2, 0.25) is 0 Å². The standard InChI is InChI=1S/C12H16N4O2S/c1-12(2,6-18-3)15-10(17)9-8(13)7-4-5-14-16-11(7)19-9/h4-5H,6,13H2,1-3H3,(H,15,17). The Morgan fingerprint density at radius 3 is 2.95 bits per heavy atom. The number of thiophene rings is 1. The van der Waals surface area contributed by atoms with Crippen LogP contribution in [0.15, 0.2) is 12.3 Å².